The first-order valence-electron chi connectivity index (χ1n) is 11.0. The molecule has 5 rings (SSSR count). The Morgan fingerprint density at radius 1 is 1.12 bits per heavy atom. The number of amides is 1. The minimum atomic E-state index is 0.00236. The number of likely N-dealkylation sites (tertiary alicyclic amines) is 1. The van der Waals surface area contributed by atoms with Crippen molar-refractivity contribution >= 4 is 34.8 Å². The van der Waals surface area contributed by atoms with Crippen LogP contribution in [0.15, 0.2) is 42.9 Å². The van der Waals surface area contributed by atoms with E-state index in [-0.39, 0.29) is 11.8 Å². The molecule has 1 amide bonds. The van der Waals surface area contributed by atoms with Gasteiger partial charge in [0.05, 0.1) is 23.5 Å². The van der Waals surface area contributed by atoms with Gasteiger partial charge >= 0.3 is 0 Å². The zero-order valence-electron chi connectivity index (χ0n) is 18.5. The van der Waals surface area contributed by atoms with E-state index in [1.807, 2.05) is 49.3 Å². The highest BCUT2D eigenvalue weighted by molar-refractivity contribution is 6.33. The summed E-state index contributed by atoms with van der Waals surface area (Å²) in [5.41, 5.74) is 4.01. The molecule has 1 fully saturated rings. The monoisotopic (exact) mass is 482 g/mol. The summed E-state index contributed by atoms with van der Waals surface area (Å²) in [7, 11) is 0. The van der Waals surface area contributed by atoms with Crippen molar-refractivity contribution in [3.8, 4) is 0 Å². The number of fused-ring (bicyclic) bond motifs is 1. The Kier molecular flexibility index (Phi) is 5.85. The molecule has 0 bridgehead atoms. The van der Waals surface area contributed by atoms with Gasteiger partial charge < -0.3 is 9.47 Å². The number of aryl methyl sites for hydroxylation is 2. The number of carbonyl (C=O) groups is 1. The summed E-state index contributed by atoms with van der Waals surface area (Å²) in [5.74, 6) is 1.30. The first-order chi connectivity index (χ1) is 15.9. The number of benzene rings is 1. The lowest BCUT2D eigenvalue weighted by atomic mass is 9.95. The van der Waals surface area contributed by atoms with Crippen LogP contribution in [0.1, 0.15) is 51.9 Å². The number of imidazole rings is 1. The van der Waals surface area contributed by atoms with E-state index in [0.29, 0.717) is 35.2 Å². The lowest BCUT2D eigenvalue weighted by Gasteiger charge is -2.32. The Morgan fingerprint density at radius 2 is 1.91 bits per heavy atom. The third-order valence-corrected chi connectivity index (χ3v) is 6.92. The van der Waals surface area contributed by atoms with Gasteiger partial charge in [0.15, 0.2) is 5.65 Å². The van der Waals surface area contributed by atoms with Gasteiger partial charge in [-0.3, -0.25) is 4.79 Å². The summed E-state index contributed by atoms with van der Waals surface area (Å²) < 4.78 is 3.87. The summed E-state index contributed by atoms with van der Waals surface area (Å²) in [5, 5.41) is 5.81. The summed E-state index contributed by atoms with van der Waals surface area (Å²) >= 11 is 12.5. The molecule has 7 nitrogen and oxygen atoms in total. The predicted octanol–water partition coefficient (Wildman–Crippen LogP) is 4.92. The zero-order valence-corrected chi connectivity index (χ0v) is 20.0. The van der Waals surface area contributed by atoms with E-state index in [4.69, 9.17) is 23.2 Å². The zero-order chi connectivity index (χ0) is 23.1. The number of halogens is 2. The lowest BCUT2D eigenvalue weighted by Crippen LogP contribution is -2.39. The highest BCUT2D eigenvalue weighted by Crippen LogP contribution is 2.29. The fourth-order valence-corrected chi connectivity index (χ4v) is 4.92. The first-order valence-corrected chi connectivity index (χ1v) is 11.7. The van der Waals surface area contributed by atoms with Crippen LogP contribution in [0.3, 0.4) is 0 Å². The van der Waals surface area contributed by atoms with Gasteiger partial charge in [-0.2, -0.15) is 5.10 Å². The Balaban J connectivity index is 1.29. The van der Waals surface area contributed by atoms with E-state index >= 15 is 0 Å². The second-order valence-electron chi connectivity index (χ2n) is 8.53. The standard InChI is InChI=1S/C24H24Cl2N6O/c1-15-11-22-28-13-20(16(2)32(22)29-15)24(33)30-8-5-17(6-9-30)23-27-7-10-31(23)14-18-12-19(25)3-4-21(18)26/h3-4,7,10-13,17H,5-6,8-9,14H2,1-2H3. The summed E-state index contributed by atoms with van der Waals surface area (Å²) in [6, 6.07) is 7.41. The number of rotatable bonds is 4. The molecule has 0 aliphatic carbocycles. The molecule has 4 heterocycles. The number of carbonyl (C=O) groups excluding carboxylic acids is 1. The largest absolute Gasteiger partial charge is 0.338 e. The molecule has 1 aromatic carbocycles. The predicted molar refractivity (Wildman–Crippen MR) is 128 cm³/mol. The molecule has 1 saturated heterocycles. The van der Waals surface area contributed by atoms with Gasteiger partial charge in [0.2, 0.25) is 0 Å². The van der Waals surface area contributed by atoms with Crippen LogP contribution >= 0.6 is 23.2 Å². The van der Waals surface area contributed by atoms with E-state index in [0.717, 1.165) is 41.3 Å². The average Bonchev–Trinajstić information content (AvgIpc) is 3.42. The van der Waals surface area contributed by atoms with Crippen molar-refractivity contribution in [2.24, 2.45) is 0 Å². The van der Waals surface area contributed by atoms with Gasteiger partial charge in [0.25, 0.3) is 5.91 Å². The van der Waals surface area contributed by atoms with E-state index in [2.05, 4.69) is 19.6 Å². The number of hydrogen-bond donors (Lipinski definition) is 0. The topological polar surface area (TPSA) is 68.3 Å². The normalized spacial score (nSPS) is 14.8. The molecule has 0 radical (unpaired) electrons. The molecule has 3 aromatic heterocycles. The molecule has 9 heteroatoms. The molecule has 1 aliphatic heterocycles. The van der Waals surface area contributed by atoms with Crippen molar-refractivity contribution in [3.63, 3.8) is 0 Å². The third kappa shape index (κ3) is 4.23. The second kappa shape index (κ2) is 8.80. The number of aromatic nitrogens is 5. The summed E-state index contributed by atoms with van der Waals surface area (Å²) in [4.78, 5) is 24.2. The minimum Gasteiger partial charge on any atom is -0.338 e. The first kappa shape index (κ1) is 21.9. The van der Waals surface area contributed by atoms with E-state index in [9.17, 15) is 4.79 Å². The molecule has 1 aliphatic rings. The fraction of sp³-hybridized carbons (Fsp3) is 0.333. The molecular weight excluding hydrogens is 459 g/mol. The van der Waals surface area contributed by atoms with Crippen LogP contribution in [0.5, 0.6) is 0 Å². The van der Waals surface area contributed by atoms with Crippen LogP contribution in [0.2, 0.25) is 10.0 Å². The maximum absolute atomic E-state index is 13.2. The lowest BCUT2D eigenvalue weighted by molar-refractivity contribution is 0.0708. The van der Waals surface area contributed by atoms with E-state index in [1.54, 1.807) is 16.8 Å². The van der Waals surface area contributed by atoms with Crippen LogP contribution in [0.4, 0.5) is 0 Å². The third-order valence-electron chi connectivity index (χ3n) is 6.32. The van der Waals surface area contributed by atoms with E-state index in [1.165, 1.54) is 0 Å². The van der Waals surface area contributed by atoms with Gasteiger partial charge in [0.1, 0.15) is 5.82 Å². The van der Waals surface area contributed by atoms with Gasteiger partial charge in [0, 0.05) is 53.7 Å². The molecule has 0 saturated carbocycles. The van der Waals surface area contributed by atoms with Crippen LogP contribution in [0, 0.1) is 13.8 Å². The van der Waals surface area contributed by atoms with E-state index < -0.39 is 0 Å². The molecule has 170 valence electrons. The van der Waals surface area contributed by atoms with Crippen molar-refractivity contribution in [1.82, 2.24) is 29.0 Å². The quantitative estimate of drug-likeness (QED) is 0.414. The van der Waals surface area contributed by atoms with Crippen molar-refractivity contribution in [2.45, 2.75) is 39.2 Å². The molecule has 33 heavy (non-hydrogen) atoms. The Hall–Kier alpha value is -2.90. The SMILES string of the molecule is Cc1cc2ncc(C(=O)N3CCC(c4nccn4Cc4cc(Cl)ccc4Cl)CC3)c(C)n2n1. The van der Waals surface area contributed by atoms with Crippen LogP contribution in [-0.4, -0.2) is 48.0 Å². The molecule has 0 unspecified atom stereocenters. The van der Waals surface area contributed by atoms with Gasteiger partial charge in [-0.05, 0) is 50.5 Å². The van der Waals surface area contributed by atoms with Crippen molar-refractivity contribution in [1.29, 1.82) is 0 Å². The maximum Gasteiger partial charge on any atom is 0.257 e. The van der Waals surface area contributed by atoms with Crippen molar-refractivity contribution < 1.29 is 4.79 Å². The Morgan fingerprint density at radius 3 is 2.70 bits per heavy atom. The fourth-order valence-electron chi connectivity index (χ4n) is 4.55. The maximum atomic E-state index is 13.2. The number of piperidine rings is 1. The van der Waals surface area contributed by atoms with Crippen LogP contribution < -0.4 is 0 Å². The smallest absolute Gasteiger partial charge is 0.257 e. The second-order valence-corrected chi connectivity index (χ2v) is 9.37. The highest BCUT2D eigenvalue weighted by Gasteiger charge is 2.28. The van der Waals surface area contributed by atoms with Gasteiger partial charge in [-0.1, -0.05) is 23.2 Å². The van der Waals surface area contributed by atoms with Crippen LogP contribution in [0.25, 0.3) is 5.65 Å². The summed E-state index contributed by atoms with van der Waals surface area (Å²) in [6.07, 6.45) is 7.16. The molecule has 0 N–H and O–H groups in total. The highest BCUT2D eigenvalue weighted by atomic mass is 35.5. The van der Waals surface area contributed by atoms with Crippen LogP contribution in [-0.2, 0) is 6.54 Å². The molecule has 4 aromatic rings. The number of nitrogens with zero attached hydrogens (tertiary/aromatic N) is 6. The van der Waals surface area contributed by atoms with Crippen molar-refractivity contribution in [3.05, 3.63) is 81.2 Å². The Labute approximate surface area is 202 Å². The van der Waals surface area contributed by atoms with Gasteiger partial charge in [-0.15, -0.1) is 0 Å². The Bertz CT molecular complexity index is 1340. The average molecular weight is 483 g/mol. The summed E-state index contributed by atoms with van der Waals surface area (Å²) in [6.45, 7) is 5.79. The number of hydrogen-bond acceptors (Lipinski definition) is 4. The van der Waals surface area contributed by atoms with Gasteiger partial charge in [-0.25, -0.2) is 14.5 Å². The molecular formula is C24H24Cl2N6O. The molecule has 0 atom stereocenters. The van der Waals surface area contributed by atoms with Crippen molar-refractivity contribution in [2.75, 3.05) is 13.1 Å². The molecule has 0 spiro atoms. The minimum absolute atomic E-state index is 0.00236.